The molecule has 1 amide bonds. The Morgan fingerprint density at radius 3 is 2.47 bits per heavy atom. The Morgan fingerprint density at radius 1 is 1.23 bits per heavy atom. The molecule has 0 fully saturated rings. The summed E-state index contributed by atoms with van der Waals surface area (Å²) in [5.74, 6) is 0.548. The van der Waals surface area contributed by atoms with Crippen LogP contribution in [0.25, 0.3) is 11.4 Å². The van der Waals surface area contributed by atoms with Crippen molar-refractivity contribution >= 4 is 27.3 Å². The molecule has 0 N–H and O–H groups in total. The van der Waals surface area contributed by atoms with Gasteiger partial charge in [0.1, 0.15) is 15.6 Å². The third-order valence-corrected chi connectivity index (χ3v) is 7.63. The van der Waals surface area contributed by atoms with Gasteiger partial charge >= 0.3 is 6.09 Å². The zero-order valence-electron chi connectivity index (χ0n) is 17.6. The van der Waals surface area contributed by atoms with Crippen molar-refractivity contribution in [1.82, 2.24) is 14.5 Å². The van der Waals surface area contributed by atoms with Crippen molar-refractivity contribution in [3.63, 3.8) is 0 Å². The molecule has 0 aliphatic rings. The van der Waals surface area contributed by atoms with Gasteiger partial charge in [0.05, 0.1) is 11.4 Å². The fourth-order valence-electron chi connectivity index (χ4n) is 2.83. The van der Waals surface area contributed by atoms with E-state index in [0.717, 1.165) is 16.2 Å². The van der Waals surface area contributed by atoms with Crippen molar-refractivity contribution in [2.45, 2.75) is 42.0 Å². The van der Waals surface area contributed by atoms with Crippen LogP contribution in [0.15, 0.2) is 57.9 Å². The number of aryl methyl sites for hydroxylation is 1. The van der Waals surface area contributed by atoms with Gasteiger partial charge in [0.15, 0.2) is 0 Å². The Bertz CT molecular complexity index is 1140. The van der Waals surface area contributed by atoms with Gasteiger partial charge in [0, 0.05) is 36.9 Å². The van der Waals surface area contributed by atoms with Crippen LogP contribution in [0.5, 0.6) is 0 Å². The topological polar surface area (TPSA) is 81.5 Å². The van der Waals surface area contributed by atoms with Crippen LogP contribution in [-0.4, -0.2) is 41.6 Å². The summed E-state index contributed by atoms with van der Waals surface area (Å²) in [5.41, 5.74) is -0.0929. The molecule has 0 saturated carbocycles. The first-order valence-corrected chi connectivity index (χ1v) is 11.6. The van der Waals surface area contributed by atoms with Crippen molar-refractivity contribution in [3.05, 3.63) is 53.7 Å². The molecule has 0 spiro atoms. The first-order valence-electron chi connectivity index (χ1n) is 9.33. The molecule has 7 nitrogen and oxygen atoms in total. The molecule has 1 aromatic carbocycles. The van der Waals surface area contributed by atoms with E-state index in [9.17, 15) is 13.2 Å². The molecule has 0 atom stereocenters. The fraction of sp³-hybridized carbons (Fsp3) is 0.333. The van der Waals surface area contributed by atoms with Gasteiger partial charge < -0.3 is 14.2 Å². The molecule has 0 radical (unpaired) electrons. The second-order valence-corrected chi connectivity index (χ2v) is 11.2. The molecule has 0 aliphatic carbocycles. The van der Waals surface area contributed by atoms with Gasteiger partial charge in [-0.3, -0.25) is 0 Å². The van der Waals surface area contributed by atoms with Gasteiger partial charge in [-0.2, -0.15) is 0 Å². The average Bonchev–Trinajstić information content (AvgIpc) is 3.27. The maximum absolute atomic E-state index is 13.3. The number of ether oxygens (including phenoxy) is 1. The molecule has 160 valence electrons. The summed E-state index contributed by atoms with van der Waals surface area (Å²) < 4.78 is 34.1. The molecule has 2 aromatic heterocycles. The van der Waals surface area contributed by atoms with E-state index in [1.165, 1.54) is 4.90 Å². The van der Waals surface area contributed by atoms with Crippen LogP contribution < -0.4 is 0 Å². The summed E-state index contributed by atoms with van der Waals surface area (Å²) in [5, 5.41) is 0. The largest absolute Gasteiger partial charge is 0.444 e. The average molecular weight is 448 g/mol. The molecular formula is C21H25N3O4S2. The number of hydrogen-bond acceptors (Lipinski definition) is 6. The smallest absolute Gasteiger partial charge is 0.410 e. The zero-order valence-corrected chi connectivity index (χ0v) is 19.3. The standard InChI is InChI=1S/C21H25N3O4S2/c1-21(2,3)28-20(25)24(5)14-15-13-17(18-22-11-12-23(18)4)19(29-15)30(26,27)16-9-7-6-8-10-16/h6-13H,14H2,1-5H3. The molecule has 3 aromatic rings. The highest BCUT2D eigenvalue weighted by Gasteiger charge is 2.28. The first-order chi connectivity index (χ1) is 14.0. The van der Waals surface area contributed by atoms with E-state index >= 15 is 0 Å². The third kappa shape index (κ3) is 4.73. The summed E-state index contributed by atoms with van der Waals surface area (Å²) in [6, 6.07) is 10.1. The van der Waals surface area contributed by atoms with E-state index in [1.54, 1.807) is 81.2 Å². The summed E-state index contributed by atoms with van der Waals surface area (Å²) in [4.78, 5) is 19.0. The Kier molecular flexibility index (Phi) is 6.05. The summed E-state index contributed by atoms with van der Waals surface area (Å²) in [6.45, 7) is 5.62. The number of aromatic nitrogens is 2. The van der Waals surface area contributed by atoms with Crippen molar-refractivity contribution in [3.8, 4) is 11.4 Å². The Morgan fingerprint density at radius 2 is 1.90 bits per heavy atom. The minimum atomic E-state index is -3.75. The van der Waals surface area contributed by atoms with Crippen LogP contribution in [0, 0.1) is 0 Å². The molecule has 3 rings (SSSR count). The summed E-state index contributed by atoms with van der Waals surface area (Å²) in [7, 11) is -0.310. The number of hydrogen-bond donors (Lipinski definition) is 0. The van der Waals surface area contributed by atoms with Gasteiger partial charge in [-0.15, -0.1) is 11.3 Å². The molecule has 0 saturated heterocycles. The highest BCUT2D eigenvalue weighted by molar-refractivity contribution is 7.93. The molecule has 9 heteroatoms. The predicted octanol–water partition coefficient (Wildman–Crippen LogP) is 4.35. The second-order valence-electron chi connectivity index (χ2n) is 7.93. The predicted molar refractivity (Wildman–Crippen MR) is 116 cm³/mol. The van der Waals surface area contributed by atoms with Gasteiger partial charge in [0.25, 0.3) is 0 Å². The Hall–Kier alpha value is -2.65. The number of sulfone groups is 1. The van der Waals surface area contributed by atoms with Crippen molar-refractivity contribution in [1.29, 1.82) is 0 Å². The zero-order chi connectivity index (χ0) is 22.1. The van der Waals surface area contributed by atoms with Crippen LogP contribution in [0.1, 0.15) is 25.6 Å². The van der Waals surface area contributed by atoms with Crippen molar-refractivity contribution < 1.29 is 17.9 Å². The van der Waals surface area contributed by atoms with Crippen LogP contribution in [0.3, 0.4) is 0 Å². The van der Waals surface area contributed by atoms with Crippen LogP contribution in [0.2, 0.25) is 0 Å². The number of amides is 1. The van der Waals surface area contributed by atoms with Gasteiger partial charge in [-0.05, 0) is 39.0 Å². The second kappa shape index (κ2) is 8.23. The minimum Gasteiger partial charge on any atom is -0.444 e. The van der Waals surface area contributed by atoms with Gasteiger partial charge in [-0.1, -0.05) is 18.2 Å². The molecule has 0 unspecified atom stereocenters. The molecule has 2 heterocycles. The highest BCUT2D eigenvalue weighted by Crippen LogP contribution is 2.38. The summed E-state index contributed by atoms with van der Waals surface area (Å²) in [6.07, 6.45) is 2.92. The van der Waals surface area contributed by atoms with E-state index < -0.39 is 21.5 Å². The number of imidazole rings is 1. The summed E-state index contributed by atoms with van der Waals surface area (Å²) >= 11 is 1.14. The lowest BCUT2D eigenvalue weighted by atomic mass is 10.2. The molecule has 30 heavy (non-hydrogen) atoms. The molecule has 0 aliphatic heterocycles. The lowest BCUT2D eigenvalue weighted by Gasteiger charge is -2.24. The monoisotopic (exact) mass is 447 g/mol. The number of rotatable bonds is 5. The van der Waals surface area contributed by atoms with Crippen LogP contribution in [0.4, 0.5) is 4.79 Å². The number of benzene rings is 1. The van der Waals surface area contributed by atoms with Crippen LogP contribution in [-0.2, 0) is 28.2 Å². The number of carbonyl (C=O) groups excluding carboxylic acids is 1. The quantitative estimate of drug-likeness (QED) is 0.581. The lowest BCUT2D eigenvalue weighted by molar-refractivity contribution is 0.0286. The van der Waals surface area contributed by atoms with Gasteiger partial charge in [-0.25, -0.2) is 18.2 Å². The maximum atomic E-state index is 13.3. The normalized spacial score (nSPS) is 12.0. The van der Waals surface area contributed by atoms with E-state index in [-0.39, 0.29) is 15.6 Å². The first kappa shape index (κ1) is 22.0. The SMILES string of the molecule is CN(Cc1cc(-c2nccn2C)c(S(=O)(=O)c2ccccc2)s1)C(=O)OC(C)(C)C. The van der Waals surface area contributed by atoms with Crippen LogP contribution >= 0.6 is 11.3 Å². The maximum Gasteiger partial charge on any atom is 0.410 e. The Labute approximate surface area is 180 Å². The van der Waals surface area contributed by atoms with Crippen molar-refractivity contribution in [2.75, 3.05) is 7.05 Å². The lowest BCUT2D eigenvalue weighted by Crippen LogP contribution is -2.33. The van der Waals surface area contributed by atoms with E-state index in [1.807, 2.05) is 7.05 Å². The van der Waals surface area contributed by atoms with Gasteiger partial charge in [0.2, 0.25) is 9.84 Å². The number of carbonyl (C=O) groups is 1. The Balaban J connectivity index is 2.02. The minimum absolute atomic E-state index is 0.204. The van der Waals surface area contributed by atoms with E-state index in [4.69, 9.17) is 4.74 Å². The van der Waals surface area contributed by atoms with Crippen molar-refractivity contribution in [2.24, 2.45) is 7.05 Å². The number of thiophene rings is 1. The number of nitrogens with zero attached hydrogens (tertiary/aromatic N) is 3. The third-order valence-electron chi connectivity index (χ3n) is 4.21. The molecule has 0 bridgehead atoms. The van der Waals surface area contributed by atoms with E-state index in [0.29, 0.717) is 11.4 Å². The van der Waals surface area contributed by atoms with E-state index in [2.05, 4.69) is 4.98 Å². The highest BCUT2D eigenvalue weighted by atomic mass is 32.2. The fourth-order valence-corrected chi connectivity index (χ4v) is 5.98. The molecular weight excluding hydrogens is 422 g/mol.